The quantitative estimate of drug-likeness (QED) is 0.581. The van der Waals surface area contributed by atoms with Crippen molar-refractivity contribution in [1.29, 1.82) is 0 Å². The summed E-state index contributed by atoms with van der Waals surface area (Å²) >= 11 is 0. The van der Waals surface area contributed by atoms with Crippen molar-refractivity contribution in [2.75, 3.05) is 13.2 Å². The second kappa shape index (κ2) is 5.82. The predicted octanol–water partition coefficient (Wildman–Crippen LogP) is 1.72. The standard InChI is InChI=1S/C10H14O2/c1-2-3-5-8-11-10-7-4-6-9-12-10/h2,10H,1,4,6-9H2. The molecule has 0 aliphatic carbocycles. The van der Waals surface area contributed by atoms with Gasteiger partial charge in [-0.2, -0.15) is 0 Å². The number of allylic oxidation sites excluding steroid dienone is 1. The van der Waals surface area contributed by atoms with E-state index in [0.29, 0.717) is 6.61 Å². The molecule has 12 heavy (non-hydrogen) atoms. The molecule has 1 saturated heterocycles. The van der Waals surface area contributed by atoms with Gasteiger partial charge in [-0.3, -0.25) is 0 Å². The molecule has 0 aromatic carbocycles. The van der Waals surface area contributed by atoms with Gasteiger partial charge in [-0.15, -0.1) is 0 Å². The monoisotopic (exact) mass is 166 g/mol. The van der Waals surface area contributed by atoms with E-state index < -0.39 is 0 Å². The van der Waals surface area contributed by atoms with E-state index in [4.69, 9.17) is 9.47 Å². The van der Waals surface area contributed by atoms with Gasteiger partial charge < -0.3 is 9.47 Å². The third-order valence-corrected chi connectivity index (χ3v) is 1.68. The van der Waals surface area contributed by atoms with Gasteiger partial charge in [0.25, 0.3) is 0 Å². The molecular weight excluding hydrogens is 152 g/mol. The Labute approximate surface area is 73.6 Å². The van der Waals surface area contributed by atoms with Crippen molar-refractivity contribution in [1.82, 2.24) is 0 Å². The minimum Gasteiger partial charge on any atom is -0.353 e. The van der Waals surface area contributed by atoms with Gasteiger partial charge in [-0.25, -0.2) is 0 Å². The van der Waals surface area contributed by atoms with Gasteiger partial charge in [0.15, 0.2) is 6.29 Å². The molecule has 1 aliphatic heterocycles. The molecule has 2 nitrogen and oxygen atoms in total. The van der Waals surface area contributed by atoms with Gasteiger partial charge in [0.05, 0.1) is 0 Å². The summed E-state index contributed by atoms with van der Waals surface area (Å²) in [6, 6.07) is 0. The molecular formula is C10H14O2. The van der Waals surface area contributed by atoms with Crippen LogP contribution in [0.1, 0.15) is 19.3 Å². The smallest absolute Gasteiger partial charge is 0.158 e. The average Bonchev–Trinajstić information content (AvgIpc) is 2.14. The molecule has 0 N–H and O–H groups in total. The number of hydrogen-bond donors (Lipinski definition) is 0. The van der Waals surface area contributed by atoms with Gasteiger partial charge in [0.1, 0.15) is 6.61 Å². The third-order valence-electron chi connectivity index (χ3n) is 1.68. The van der Waals surface area contributed by atoms with Crippen LogP contribution in [0.4, 0.5) is 0 Å². The Kier molecular flexibility index (Phi) is 4.51. The van der Waals surface area contributed by atoms with Gasteiger partial charge in [-0.1, -0.05) is 18.4 Å². The summed E-state index contributed by atoms with van der Waals surface area (Å²) in [5.41, 5.74) is 0. The first-order chi connectivity index (χ1) is 5.93. The van der Waals surface area contributed by atoms with Crippen molar-refractivity contribution in [2.24, 2.45) is 0 Å². The Morgan fingerprint density at radius 2 is 2.50 bits per heavy atom. The molecule has 1 fully saturated rings. The third kappa shape index (κ3) is 3.56. The summed E-state index contributed by atoms with van der Waals surface area (Å²) in [5, 5.41) is 0. The van der Waals surface area contributed by atoms with Crippen molar-refractivity contribution in [3.8, 4) is 11.8 Å². The first-order valence-electron chi connectivity index (χ1n) is 4.26. The van der Waals surface area contributed by atoms with Crippen molar-refractivity contribution in [3.63, 3.8) is 0 Å². The van der Waals surface area contributed by atoms with E-state index in [9.17, 15) is 0 Å². The number of ether oxygens (including phenoxy) is 2. The van der Waals surface area contributed by atoms with Crippen molar-refractivity contribution in [2.45, 2.75) is 25.6 Å². The molecule has 1 atom stereocenters. The minimum absolute atomic E-state index is 0.0298. The van der Waals surface area contributed by atoms with Crippen LogP contribution in [0.3, 0.4) is 0 Å². The Morgan fingerprint density at radius 1 is 1.58 bits per heavy atom. The lowest BCUT2D eigenvalue weighted by Gasteiger charge is -2.21. The van der Waals surface area contributed by atoms with Gasteiger partial charge in [-0.05, 0) is 25.3 Å². The highest BCUT2D eigenvalue weighted by molar-refractivity contribution is 5.12. The Balaban J connectivity index is 2.09. The molecule has 0 bridgehead atoms. The van der Waals surface area contributed by atoms with Gasteiger partial charge in [0.2, 0.25) is 0 Å². The first kappa shape index (κ1) is 9.31. The van der Waals surface area contributed by atoms with E-state index in [0.717, 1.165) is 19.4 Å². The van der Waals surface area contributed by atoms with Crippen LogP contribution >= 0.6 is 0 Å². The van der Waals surface area contributed by atoms with Gasteiger partial charge >= 0.3 is 0 Å². The zero-order valence-electron chi connectivity index (χ0n) is 7.21. The molecule has 1 rings (SSSR count). The van der Waals surface area contributed by atoms with Crippen LogP contribution < -0.4 is 0 Å². The fourth-order valence-electron chi connectivity index (χ4n) is 1.09. The van der Waals surface area contributed by atoms with Gasteiger partial charge in [0, 0.05) is 6.61 Å². The summed E-state index contributed by atoms with van der Waals surface area (Å²) in [6.45, 7) is 4.74. The second-order valence-electron chi connectivity index (χ2n) is 2.63. The van der Waals surface area contributed by atoms with Crippen LogP contribution in [-0.4, -0.2) is 19.5 Å². The van der Waals surface area contributed by atoms with E-state index in [1.807, 2.05) is 0 Å². The fourth-order valence-corrected chi connectivity index (χ4v) is 1.09. The largest absolute Gasteiger partial charge is 0.353 e. The van der Waals surface area contributed by atoms with Crippen LogP contribution in [0.2, 0.25) is 0 Å². The average molecular weight is 166 g/mol. The Hall–Kier alpha value is -0.780. The van der Waals surface area contributed by atoms with E-state index in [2.05, 4.69) is 18.4 Å². The fraction of sp³-hybridized carbons (Fsp3) is 0.600. The van der Waals surface area contributed by atoms with Crippen LogP contribution in [0, 0.1) is 11.8 Å². The maximum atomic E-state index is 5.34. The molecule has 66 valence electrons. The molecule has 1 unspecified atom stereocenters. The minimum atomic E-state index is -0.0298. The molecule has 0 radical (unpaired) electrons. The highest BCUT2D eigenvalue weighted by Gasteiger charge is 2.12. The summed E-state index contributed by atoms with van der Waals surface area (Å²) in [7, 11) is 0. The SMILES string of the molecule is C=CC#CCOC1CCCCO1. The molecule has 2 heteroatoms. The highest BCUT2D eigenvalue weighted by Crippen LogP contribution is 2.12. The number of hydrogen-bond acceptors (Lipinski definition) is 2. The molecule has 0 saturated carbocycles. The lowest BCUT2D eigenvalue weighted by atomic mass is 10.2. The summed E-state index contributed by atoms with van der Waals surface area (Å²) in [5.74, 6) is 5.53. The zero-order valence-corrected chi connectivity index (χ0v) is 7.21. The van der Waals surface area contributed by atoms with Crippen LogP contribution in [0.15, 0.2) is 12.7 Å². The molecule has 0 aromatic rings. The maximum absolute atomic E-state index is 5.34. The first-order valence-corrected chi connectivity index (χ1v) is 4.26. The van der Waals surface area contributed by atoms with E-state index in [1.165, 1.54) is 6.42 Å². The van der Waals surface area contributed by atoms with Crippen LogP contribution in [0.25, 0.3) is 0 Å². The summed E-state index contributed by atoms with van der Waals surface area (Å²) < 4.78 is 10.7. The summed E-state index contributed by atoms with van der Waals surface area (Å²) in [6.07, 6.45) is 4.87. The van der Waals surface area contributed by atoms with Crippen molar-refractivity contribution >= 4 is 0 Å². The maximum Gasteiger partial charge on any atom is 0.158 e. The van der Waals surface area contributed by atoms with E-state index in [-0.39, 0.29) is 6.29 Å². The van der Waals surface area contributed by atoms with Crippen LogP contribution in [0.5, 0.6) is 0 Å². The predicted molar refractivity (Wildman–Crippen MR) is 47.5 cm³/mol. The Morgan fingerprint density at radius 3 is 3.17 bits per heavy atom. The molecule has 0 spiro atoms. The normalized spacial score (nSPS) is 22.5. The van der Waals surface area contributed by atoms with Crippen molar-refractivity contribution < 1.29 is 9.47 Å². The lowest BCUT2D eigenvalue weighted by Crippen LogP contribution is -2.22. The summed E-state index contributed by atoms with van der Waals surface area (Å²) in [4.78, 5) is 0. The zero-order chi connectivity index (χ0) is 8.65. The molecule has 0 amide bonds. The van der Waals surface area contributed by atoms with E-state index in [1.54, 1.807) is 6.08 Å². The van der Waals surface area contributed by atoms with Crippen LogP contribution in [-0.2, 0) is 9.47 Å². The number of rotatable bonds is 2. The molecule has 1 aliphatic rings. The Bertz CT molecular complexity index is 182. The molecule has 0 aromatic heterocycles. The van der Waals surface area contributed by atoms with E-state index >= 15 is 0 Å². The highest BCUT2D eigenvalue weighted by atomic mass is 16.7. The molecule has 1 heterocycles. The topological polar surface area (TPSA) is 18.5 Å². The lowest BCUT2D eigenvalue weighted by molar-refractivity contribution is -0.154. The second-order valence-corrected chi connectivity index (χ2v) is 2.63. The van der Waals surface area contributed by atoms with Crippen molar-refractivity contribution in [3.05, 3.63) is 12.7 Å².